The van der Waals surface area contributed by atoms with Crippen LogP contribution in [0, 0.1) is 11.3 Å². The molecule has 2 heterocycles. The van der Waals surface area contributed by atoms with Gasteiger partial charge in [-0.25, -0.2) is 0 Å². The predicted molar refractivity (Wildman–Crippen MR) is 162 cm³/mol. The number of nitrogens with one attached hydrogen (secondary N) is 1. The number of methoxy groups -OCH3 is 1. The molecule has 1 atom stereocenters. The fraction of sp³-hybridized carbons (Fsp3) is 0.222. The number of Topliss-reactive ketones (excluding diaryl/α,β-unsaturated/α-hetero) is 1. The smallest absolute Gasteiger partial charge is 0.234 e. The fourth-order valence-corrected chi connectivity index (χ4v) is 7.35. The van der Waals surface area contributed by atoms with E-state index in [1.54, 1.807) is 41.3 Å². The Hall–Kier alpha value is -3.27. The number of halogens is 3. The number of hydrogen-bond acceptors (Lipinski definition) is 10. The van der Waals surface area contributed by atoms with Crippen molar-refractivity contribution in [1.82, 2.24) is 10.2 Å². The van der Waals surface area contributed by atoms with Gasteiger partial charge in [-0.05, 0) is 43.2 Å². The average Bonchev–Trinajstić information content (AvgIpc) is 3.40. The number of aromatic nitrogens is 2. The van der Waals surface area contributed by atoms with Gasteiger partial charge in [0, 0.05) is 39.0 Å². The van der Waals surface area contributed by atoms with Gasteiger partial charge in [0.2, 0.25) is 11.0 Å². The highest BCUT2D eigenvalue weighted by Gasteiger charge is 2.42. The van der Waals surface area contributed by atoms with E-state index in [1.165, 1.54) is 30.2 Å². The lowest BCUT2D eigenvalue weighted by Gasteiger charge is -2.38. The number of ether oxygens (including phenoxy) is 1. The summed E-state index contributed by atoms with van der Waals surface area (Å²) in [4.78, 5) is 27.5. The van der Waals surface area contributed by atoms with Crippen LogP contribution < -0.4 is 20.7 Å². The summed E-state index contributed by atoms with van der Waals surface area (Å²) in [5.41, 5.74) is 8.81. The molecular formula is C27H21Cl3N6O3S2. The van der Waals surface area contributed by atoms with Gasteiger partial charge in [-0.15, -0.1) is 10.2 Å². The molecule has 1 aliphatic heterocycles. The topological polar surface area (TPSA) is 134 Å². The number of nitrogens with zero attached hydrogens (tertiary/aromatic N) is 4. The summed E-state index contributed by atoms with van der Waals surface area (Å²) in [6.45, 7) is 0. The molecular weight excluding hydrogens is 627 g/mol. The number of carbonyl (C=O) groups is 2. The number of ketones is 1. The maximum atomic E-state index is 13.3. The molecule has 1 aliphatic carbocycles. The van der Waals surface area contributed by atoms with Crippen molar-refractivity contribution in [3.8, 4) is 11.8 Å². The van der Waals surface area contributed by atoms with Crippen molar-refractivity contribution in [3.63, 3.8) is 0 Å². The Labute approximate surface area is 258 Å². The average molecular weight is 648 g/mol. The minimum Gasteiger partial charge on any atom is -0.495 e. The van der Waals surface area contributed by atoms with Crippen molar-refractivity contribution in [2.24, 2.45) is 5.73 Å². The van der Waals surface area contributed by atoms with Crippen molar-refractivity contribution in [3.05, 3.63) is 79.7 Å². The molecule has 3 N–H and O–H groups in total. The third-order valence-corrected chi connectivity index (χ3v) is 9.55. The van der Waals surface area contributed by atoms with Crippen LogP contribution in [0.3, 0.4) is 0 Å². The van der Waals surface area contributed by atoms with E-state index in [-0.39, 0.29) is 28.8 Å². The number of hydrogen-bond donors (Lipinski definition) is 2. The Kier molecular flexibility index (Phi) is 8.77. The number of nitriles is 1. The molecule has 2 aliphatic rings. The summed E-state index contributed by atoms with van der Waals surface area (Å²) >= 11 is 21.6. The van der Waals surface area contributed by atoms with Crippen LogP contribution >= 0.6 is 57.9 Å². The summed E-state index contributed by atoms with van der Waals surface area (Å²) in [6, 6.07) is 12.2. The predicted octanol–water partition coefficient (Wildman–Crippen LogP) is 6.54. The quantitative estimate of drug-likeness (QED) is 0.274. The van der Waals surface area contributed by atoms with Gasteiger partial charge in [0.25, 0.3) is 0 Å². The largest absolute Gasteiger partial charge is 0.495 e. The SMILES string of the molecule is COc1ccc(NC(=O)CSc2nnc(N3C(N)=C(C#N)C(c4c(Cl)cccc4Cl)C4=C3CCCC4=O)s2)cc1Cl. The standard InChI is InChI=1S/C27H21Cl3N6O3S2/c1-39-20-9-8-13(10-17(20)30)33-21(38)12-40-27-35-34-26(41-27)36-18-6-3-7-19(37)24(18)22(14(11-31)25(36)32)23-15(28)4-2-5-16(23)29/h2,4-5,8-10,22H,3,6-7,12,32H2,1H3,(H,33,38). The first-order chi connectivity index (χ1) is 19.7. The van der Waals surface area contributed by atoms with E-state index in [1.807, 2.05) is 0 Å². The zero-order valence-corrected chi connectivity index (χ0v) is 25.3. The number of thioether (sulfide) groups is 1. The first-order valence-corrected chi connectivity index (χ1v) is 15.2. The summed E-state index contributed by atoms with van der Waals surface area (Å²) in [7, 11) is 1.51. The van der Waals surface area contributed by atoms with E-state index in [4.69, 9.17) is 45.3 Å². The molecule has 0 spiro atoms. The van der Waals surface area contributed by atoms with Crippen LogP contribution in [-0.2, 0) is 9.59 Å². The normalized spacial score (nSPS) is 16.9. The lowest BCUT2D eigenvalue weighted by Crippen LogP contribution is -2.38. The minimum atomic E-state index is -0.794. The van der Waals surface area contributed by atoms with E-state index >= 15 is 0 Å². The van der Waals surface area contributed by atoms with Crippen LogP contribution in [-0.4, -0.2) is 34.8 Å². The lowest BCUT2D eigenvalue weighted by atomic mass is 9.75. The highest BCUT2D eigenvalue weighted by molar-refractivity contribution is 8.01. The van der Waals surface area contributed by atoms with Gasteiger partial charge in [-0.1, -0.05) is 64.0 Å². The number of anilines is 2. The summed E-state index contributed by atoms with van der Waals surface area (Å²) < 4.78 is 5.64. The van der Waals surface area contributed by atoms with Gasteiger partial charge in [0.05, 0.1) is 35.4 Å². The monoisotopic (exact) mass is 646 g/mol. The Balaban J connectivity index is 1.41. The van der Waals surface area contributed by atoms with Gasteiger partial charge >= 0.3 is 0 Å². The molecule has 2 aromatic carbocycles. The third kappa shape index (κ3) is 5.76. The maximum Gasteiger partial charge on any atom is 0.234 e. The summed E-state index contributed by atoms with van der Waals surface area (Å²) in [6.07, 6.45) is 1.48. The highest BCUT2D eigenvalue weighted by Crippen LogP contribution is 2.49. The second-order valence-electron chi connectivity index (χ2n) is 8.99. The van der Waals surface area contributed by atoms with Gasteiger partial charge in [-0.2, -0.15) is 5.26 Å². The van der Waals surface area contributed by atoms with E-state index in [9.17, 15) is 14.9 Å². The lowest BCUT2D eigenvalue weighted by molar-refractivity contribution is -0.116. The molecule has 0 bridgehead atoms. The molecule has 0 fully saturated rings. The van der Waals surface area contributed by atoms with Crippen molar-refractivity contribution < 1.29 is 14.3 Å². The zero-order valence-electron chi connectivity index (χ0n) is 21.4. The number of allylic oxidation sites excluding steroid dienone is 3. The Morgan fingerprint density at radius 2 is 1.98 bits per heavy atom. The van der Waals surface area contributed by atoms with E-state index in [0.717, 1.165) is 0 Å². The molecule has 1 amide bonds. The first kappa shape index (κ1) is 29.2. The van der Waals surface area contributed by atoms with E-state index in [0.29, 0.717) is 72.1 Å². The maximum absolute atomic E-state index is 13.3. The first-order valence-electron chi connectivity index (χ1n) is 12.2. The number of rotatable bonds is 7. The molecule has 0 saturated heterocycles. The summed E-state index contributed by atoms with van der Waals surface area (Å²) in [5, 5.41) is 22.9. The van der Waals surface area contributed by atoms with Gasteiger partial charge < -0.3 is 15.8 Å². The fourth-order valence-electron chi connectivity index (χ4n) is 4.80. The van der Waals surface area contributed by atoms with Gasteiger partial charge in [0.1, 0.15) is 11.6 Å². The second kappa shape index (κ2) is 12.3. The number of nitrogens with two attached hydrogens (primary N) is 1. The molecule has 3 aromatic rings. The molecule has 14 heteroatoms. The Morgan fingerprint density at radius 3 is 2.66 bits per heavy atom. The molecule has 0 saturated carbocycles. The molecule has 9 nitrogen and oxygen atoms in total. The molecule has 0 radical (unpaired) electrons. The van der Waals surface area contributed by atoms with Crippen LogP contribution in [0.25, 0.3) is 0 Å². The van der Waals surface area contributed by atoms with E-state index in [2.05, 4.69) is 21.6 Å². The van der Waals surface area contributed by atoms with Crippen molar-refractivity contribution in [2.75, 3.05) is 23.1 Å². The van der Waals surface area contributed by atoms with Crippen LogP contribution in [0.4, 0.5) is 10.8 Å². The Morgan fingerprint density at radius 1 is 1.22 bits per heavy atom. The molecule has 41 heavy (non-hydrogen) atoms. The summed E-state index contributed by atoms with van der Waals surface area (Å²) in [5.74, 6) is -0.468. The number of benzene rings is 2. The number of carbonyl (C=O) groups excluding carboxylic acids is 2. The molecule has 1 unspecified atom stereocenters. The third-order valence-electron chi connectivity index (χ3n) is 6.55. The zero-order chi connectivity index (χ0) is 29.3. The molecule has 210 valence electrons. The van der Waals surface area contributed by atoms with Crippen LogP contribution in [0.2, 0.25) is 15.1 Å². The van der Waals surface area contributed by atoms with Crippen LogP contribution in [0.1, 0.15) is 30.7 Å². The van der Waals surface area contributed by atoms with Crippen molar-refractivity contribution in [1.29, 1.82) is 5.26 Å². The number of amides is 1. The van der Waals surface area contributed by atoms with Gasteiger partial charge in [-0.3, -0.25) is 14.5 Å². The molecule has 5 rings (SSSR count). The minimum absolute atomic E-state index is 0.0621. The molecule has 1 aromatic heterocycles. The van der Waals surface area contributed by atoms with Crippen LogP contribution in [0.15, 0.2) is 63.4 Å². The van der Waals surface area contributed by atoms with Crippen molar-refractivity contribution >= 4 is 80.4 Å². The van der Waals surface area contributed by atoms with Crippen LogP contribution in [0.5, 0.6) is 5.75 Å². The van der Waals surface area contributed by atoms with E-state index < -0.39 is 5.92 Å². The Bertz CT molecular complexity index is 1650. The van der Waals surface area contributed by atoms with Gasteiger partial charge in [0.15, 0.2) is 10.1 Å². The highest BCUT2D eigenvalue weighted by atomic mass is 35.5. The van der Waals surface area contributed by atoms with Crippen molar-refractivity contribution in [2.45, 2.75) is 29.5 Å². The second-order valence-corrected chi connectivity index (χ2v) is 12.4.